The van der Waals surface area contributed by atoms with Gasteiger partial charge in [0.25, 0.3) is 0 Å². The fourth-order valence-electron chi connectivity index (χ4n) is 2.87. The van der Waals surface area contributed by atoms with Gasteiger partial charge in [-0.2, -0.15) is 0 Å². The molecule has 1 aromatic rings. The highest BCUT2D eigenvalue weighted by Gasteiger charge is 2.44. The molecule has 15 nitrogen and oxygen atoms in total. The Hall–Kier alpha value is -0.730. The Balaban J connectivity index is 2.78. The summed E-state index contributed by atoms with van der Waals surface area (Å²) >= 11 is 0. The summed E-state index contributed by atoms with van der Waals surface area (Å²) in [6.45, 7) is 1.59. The van der Waals surface area contributed by atoms with E-state index in [1.807, 2.05) is 0 Å². The summed E-state index contributed by atoms with van der Waals surface area (Å²) in [4.78, 5) is 0. The van der Waals surface area contributed by atoms with Gasteiger partial charge in [0.15, 0.2) is 0 Å². The van der Waals surface area contributed by atoms with Gasteiger partial charge in [-0.3, -0.25) is 4.52 Å². The van der Waals surface area contributed by atoms with Crippen LogP contribution in [-0.2, 0) is 52.9 Å². The van der Waals surface area contributed by atoms with Gasteiger partial charge in [-0.25, -0.2) is 0 Å². The largest absolute Gasteiger partial charge is 0.422 e. The highest BCUT2D eigenvalue weighted by atomic mass is 31.3. The van der Waals surface area contributed by atoms with Crippen molar-refractivity contribution in [2.24, 2.45) is 13.5 Å². The number of methoxy groups -OCH3 is 5. The predicted octanol–water partition coefficient (Wildman–Crippen LogP) is 4.72. The first-order chi connectivity index (χ1) is 19.4. The highest BCUT2D eigenvalue weighted by molar-refractivity contribution is 7.78. The second kappa shape index (κ2) is 19.5. The van der Waals surface area contributed by atoms with Gasteiger partial charge in [0.05, 0.1) is 72.7 Å². The van der Waals surface area contributed by atoms with Crippen LogP contribution >= 0.6 is 23.0 Å². The number of aliphatic hydroxyl groups is 1. The first kappa shape index (κ1) is 35.5. The van der Waals surface area contributed by atoms with Gasteiger partial charge in [0, 0.05) is 35.5 Å². The molecule has 18 heteroatoms. The van der Waals surface area contributed by atoms with E-state index in [1.165, 1.54) is 0 Å². The zero-order chi connectivity index (χ0) is 29.2. The Kier molecular flexibility index (Phi) is 17.3. The average Bonchev–Trinajstić information content (AvgIpc) is 2.94. The zero-order valence-corrected chi connectivity index (χ0v) is 26.4. The predicted molar refractivity (Wildman–Crippen MR) is 150 cm³/mol. The van der Waals surface area contributed by atoms with E-state index in [9.17, 15) is 5.11 Å². The Morgan fingerprint density at radius 2 is 0.825 bits per heavy atom. The van der Waals surface area contributed by atoms with Crippen LogP contribution in [0.5, 0.6) is 5.75 Å². The molecule has 0 saturated heterocycles. The van der Waals surface area contributed by atoms with E-state index in [0.29, 0.717) is 11.3 Å². The number of aliphatic hydroxyl groups excluding tert-OH is 1. The number of nitrogens with zero attached hydrogens (tertiary/aromatic N) is 3. The van der Waals surface area contributed by atoms with Gasteiger partial charge in [0.2, 0.25) is 0 Å². The lowest BCUT2D eigenvalue weighted by atomic mass is 10.2. The van der Waals surface area contributed by atoms with Crippen LogP contribution in [0, 0.1) is 0 Å². The van der Waals surface area contributed by atoms with Crippen LogP contribution in [0.4, 0.5) is 0 Å². The van der Waals surface area contributed by atoms with Gasteiger partial charge in [0.1, 0.15) is 5.75 Å². The molecule has 1 aliphatic heterocycles. The molecule has 0 bridgehead atoms. The molecule has 1 unspecified atom stereocenters. The first-order valence-electron chi connectivity index (χ1n) is 12.4. The minimum Gasteiger partial charge on any atom is -0.422 e. The van der Waals surface area contributed by atoms with E-state index in [4.69, 9.17) is 64.4 Å². The highest BCUT2D eigenvalue weighted by Crippen LogP contribution is 2.80. The first-order valence-corrected chi connectivity index (χ1v) is 17.0. The summed E-state index contributed by atoms with van der Waals surface area (Å²) < 4.78 is 77.8. The summed E-state index contributed by atoms with van der Waals surface area (Å²) in [5, 5.41) is 9.47. The van der Waals surface area contributed by atoms with Crippen molar-refractivity contribution in [1.29, 1.82) is 0 Å². The third kappa shape index (κ3) is 11.9. The Labute approximate surface area is 236 Å². The molecule has 0 aromatic heterocycles. The summed E-state index contributed by atoms with van der Waals surface area (Å²) in [5.74, 6) is 0.385. The normalized spacial score (nSPS) is 19.4. The van der Waals surface area contributed by atoms with E-state index in [-0.39, 0.29) is 72.7 Å². The second-order valence-corrected chi connectivity index (χ2v) is 14.3. The minimum absolute atomic E-state index is 0.0816. The van der Waals surface area contributed by atoms with Crippen LogP contribution in [-0.4, -0.2) is 107 Å². The van der Waals surface area contributed by atoms with E-state index in [2.05, 4.69) is 0 Å². The second-order valence-electron chi connectivity index (χ2n) is 7.76. The van der Waals surface area contributed by atoms with Crippen molar-refractivity contribution >= 4 is 23.0 Å². The lowest BCUT2D eigenvalue weighted by Crippen LogP contribution is -2.12. The van der Waals surface area contributed by atoms with Gasteiger partial charge in [-0.1, -0.05) is 12.1 Å². The quantitative estimate of drug-likeness (QED) is 0.131. The van der Waals surface area contributed by atoms with Crippen molar-refractivity contribution in [1.82, 2.24) is 0 Å². The zero-order valence-electron chi connectivity index (χ0n) is 23.7. The molecule has 0 saturated carbocycles. The summed E-state index contributed by atoms with van der Waals surface area (Å²) in [5.41, 5.74) is 0.702. The summed E-state index contributed by atoms with van der Waals surface area (Å²) in [7, 11) is -3.02. The molecule has 1 aromatic carbocycles. The van der Waals surface area contributed by atoms with Crippen LogP contribution in [0.15, 0.2) is 37.8 Å². The smallest absolute Gasteiger partial charge is 0.402 e. The molecule has 1 heterocycles. The van der Waals surface area contributed by atoms with Crippen LogP contribution in [0.3, 0.4) is 0 Å². The number of rotatable bonds is 23. The molecule has 2 rings (SSSR count). The van der Waals surface area contributed by atoms with Crippen molar-refractivity contribution in [3.8, 4) is 5.75 Å². The molecule has 1 aliphatic rings. The number of hydrogen-bond donors (Lipinski definition) is 1. The van der Waals surface area contributed by atoms with Crippen molar-refractivity contribution < 1.29 is 55.9 Å². The van der Waals surface area contributed by atoms with Crippen LogP contribution in [0.25, 0.3) is 0 Å². The lowest BCUT2D eigenvalue weighted by molar-refractivity contribution is 0.113. The summed E-state index contributed by atoms with van der Waals surface area (Å²) in [6.07, 6.45) is 0. The Morgan fingerprint density at radius 3 is 1.18 bits per heavy atom. The topological polar surface area (TPSA) is 159 Å². The maximum Gasteiger partial charge on any atom is 0.402 e. The van der Waals surface area contributed by atoms with Gasteiger partial charge < -0.3 is 51.4 Å². The lowest BCUT2D eigenvalue weighted by Gasteiger charge is -2.33. The Bertz CT molecular complexity index is 961. The molecular weight excluding hydrogens is 591 g/mol. The molecular formula is C22H42N3O12P3. The minimum atomic E-state index is -3.65. The van der Waals surface area contributed by atoms with E-state index >= 15 is 0 Å². The standard InChI is InChI=1S/C22H42N3O12P3/c1-27-10-15-32-38(33-16-11-28-2)23-39(34-17-12-29-3,35-18-13-30-4)25-40(24-38,36-19-14-31-5)37-22-8-6-21(20-26)7-9-22/h6-9,26H,10-20H2,1-5H3. The third-order valence-corrected chi connectivity index (χ3v) is 13.2. The fraction of sp³-hybridized carbons (Fsp3) is 0.727. The number of ether oxygens (including phenoxy) is 5. The van der Waals surface area contributed by atoms with Crippen molar-refractivity contribution in [2.45, 2.75) is 6.61 Å². The molecule has 1 N–H and O–H groups in total. The molecule has 232 valence electrons. The van der Waals surface area contributed by atoms with Crippen LogP contribution < -0.4 is 4.52 Å². The molecule has 0 fully saturated rings. The van der Waals surface area contributed by atoms with Gasteiger partial charge in [-0.05, 0) is 17.7 Å². The number of hydrogen-bond acceptors (Lipinski definition) is 15. The maximum absolute atomic E-state index is 9.47. The number of benzene rings is 1. The van der Waals surface area contributed by atoms with Crippen molar-refractivity contribution in [3.05, 3.63) is 29.8 Å². The van der Waals surface area contributed by atoms with E-state index < -0.39 is 23.0 Å². The van der Waals surface area contributed by atoms with Crippen molar-refractivity contribution in [2.75, 3.05) is 102 Å². The van der Waals surface area contributed by atoms with Crippen molar-refractivity contribution in [3.63, 3.8) is 0 Å². The van der Waals surface area contributed by atoms with Crippen LogP contribution in [0.2, 0.25) is 0 Å². The molecule has 0 amide bonds. The monoisotopic (exact) mass is 633 g/mol. The third-order valence-electron chi connectivity index (χ3n) is 4.74. The summed E-state index contributed by atoms with van der Waals surface area (Å²) in [6, 6.07) is 6.79. The SMILES string of the molecule is COCCOP1(OCCOC)=NP(OCCOC)(OCCOC)=NP(OCCOC)(Oc2ccc(CO)cc2)=N1. The van der Waals surface area contributed by atoms with Crippen LogP contribution in [0.1, 0.15) is 5.56 Å². The maximum atomic E-state index is 9.47. The molecule has 0 aliphatic carbocycles. The molecule has 0 spiro atoms. The Morgan fingerprint density at radius 1 is 0.500 bits per heavy atom. The van der Waals surface area contributed by atoms with Gasteiger partial charge in [-0.15, -0.1) is 13.5 Å². The molecule has 40 heavy (non-hydrogen) atoms. The van der Waals surface area contributed by atoms with E-state index in [1.54, 1.807) is 59.8 Å². The molecule has 0 radical (unpaired) electrons. The average molecular weight is 634 g/mol. The van der Waals surface area contributed by atoms with E-state index in [0.717, 1.165) is 0 Å². The van der Waals surface area contributed by atoms with Gasteiger partial charge >= 0.3 is 23.0 Å². The molecule has 1 atom stereocenters. The fourth-order valence-corrected chi connectivity index (χ4v) is 12.2.